The van der Waals surface area contributed by atoms with Gasteiger partial charge in [-0.15, -0.1) is 0 Å². The molecule has 2 unspecified atom stereocenters. The molecule has 0 radical (unpaired) electrons. The number of aromatic amines is 1. The maximum Gasteiger partial charge on any atom is 0.254 e. The van der Waals surface area contributed by atoms with Crippen molar-refractivity contribution in [1.29, 1.82) is 0 Å². The normalized spacial score (nSPS) is 22.1. The Balaban J connectivity index is 1.41. The number of allylic oxidation sites excluding steroid dienone is 3. The van der Waals surface area contributed by atoms with Crippen LogP contribution in [-0.2, 0) is 6.67 Å². The van der Waals surface area contributed by atoms with Crippen LogP contribution >= 0.6 is 0 Å². The maximum absolute atomic E-state index is 14.1. The van der Waals surface area contributed by atoms with Crippen molar-refractivity contribution in [3.8, 4) is 0 Å². The zero-order valence-corrected chi connectivity index (χ0v) is 18.9. The highest BCUT2D eigenvalue weighted by Gasteiger charge is 2.33. The van der Waals surface area contributed by atoms with E-state index in [0.717, 1.165) is 44.1 Å². The van der Waals surface area contributed by atoms with Crippen LogP contribution in [0.5, 0.6) is 0 Å². The quantitative estimate of drug-likeness (QED) is 0.609. The number of hydrogen-bond acceptors (Lipinski definition) is 3. The van der Waals surface area contributed by atoms with E-state index in [9.17, 15) is 18.0 Å². The van der Waals surface area contributed by atoms with Crippen molar-refractivity contribution in [2.24, 2.45) is 0 Å². The van der Waals surface area contributed by atoms with Gasteiger partial charge in [0.1, 0.15) is 18.3 Å². The van der Waals surface area contributed by atoms with Crippen molar-refractivity contribution >= 4 is 11.8 Å². The van der Waals surface area contributed by atoms with E-state index in [2.05, 4.69) is 9.88 Å². The number of nitrogens with zero attached hydrogens (tertiary/aromatic N) is 2. The fraction of sp³-hybridized carbons (Fsp3) is 0.423. The number of alkyl halides is 1. The van der Waals surface area contributed by atoms with Gasteiger partial charge in [-0.1, -0.05) is 24.3 Å². The maximum atomic E-state index is 14.1. The summed E-state index contributed by atoms with van der Waals surface area (Å²) in [5.41, 5.74) is 1.76. The average molecular weight is 458 g/mol. The number of nitrogens with one attached hydrogen (secondary N) is 1. The van der Waals surface area contributed by atoms with Gasteiger partial charge in [0.2, 0.25) is 0 Å². The topological polar surface area (TPSA) is 39.3 Å². The van der Waals surface area contributed by atoms with Crippen molar-refractivity contribution in [2.75, 3.05) is 31.1 Å². The Kier molecular flexibility index (Phi) is 7.38. The highest BCUT2D eigenvalue weighted by molar-refractivity contribution is 5.55. The second-order valence-corrected chi connectivity index (χ2v) is 8.79. The van der Waals surface area contributed by atoms with Crippen molar-refractivity contribution in [3.05, 3.63) is 81.3 Å². The number of halogens is 3. The molecule has 1 aromatic carbocycles. The minimum Gasteiger partial charge on any atom is -0.367 e. The van der Waals surface area contributed by atoms with Gasteiger partial charge in [0, 0.05) is 49.9 Å². The fourth-order valence-electron chi connectivity index (χ4n) is 5.04. The molecular weight excluding hydrogens is 427 g/mol. The molecule has 4 nitrogen and oxygen atoms in total. The Bertz CT molecular complexity index is 1090. The van der Waals surface area contributed by atoms with Crippen molar-refractivity contribution in [2.45, 2.75) is 44.8 Å². The molecule has 0 bridgehead atoms. The molecule has 1 N–H and O–H groups in total. The van der Waals surface area contributed by atoms with E-state index in [4.69, 9.17) is 0 Å². The molecule has 7 heteroatoms. The number of hydrogen-bond donors (Lipinski definition) is 1. The van der Waals surface area contributed by atoms with Gasteiger partial charge < -0.3 is 9.88 Å². The molecule has 176 valence electrons. The Morgan fingerprint density at radius 3 is 2.58 bits per heavy atom. The van der Waals surface area contributed by atoms with Crippen LogP contribution in [0.15, 0.2) is 47.3 Å². The summed E-state index contributed by atoms with van der Waals surface area (Å²) in [6.07, 6.45) is 10.2. The third-order valence-corrected chi connectivity index (χ3v) is 6.83. The van der Waals surface area contributed by atoms with E-state index in [0.29, 0.717) is 30.4 Å². The van der Waals surface area contributed by atoms with Crippen LogP contribution in [0, 0.1) is 11.6 Å². The average Bonchev–Trinajstić information content (AvgIpc) is 3.30. The van der Waals surface area contributed by atoms with Crippen LogP contribution in [0.25, 0.3) is 6.08 Å². The molecule has 0 spiro atoms. The van der Waals surface area contributed by atoms with Gasteiger partial charge in [-0.25, -0.2) is 13.2 Å². The van der Waals surface area contributed by atoms with Crippen molar-refractivity contribution < 1.29 is 13.2 Å². The fourth-order valence-corrected chi connectivity index (χ4v) is 5.04. The van der Waals surface area contributed by atoms with E-state index in [-0.39, 0.29) is 17.0 Å². The molecule has 1 saturated carbocycles. The zero-order valence-electron chi connectivity index (χ0n) is 18.9. The predicted octanol–water partition coefficient (Wildman–Crippen LogP) is 5.17. The summed E-state index contributed by atoms with van der Waals surface area (Å²) in [6.45, 7) is 4.10. The van der Waals surface area contributed by atoms with Gasteiger partial charge >= 0.3 is 0 Å². The Hall–Kier alpha value is -2.80. The van der Waals surface area contributed by atoms with Crippen LogP contribution in [-0.4, -0.2) is 42.1 Å². The molecule has 1 aliphatic heterocycles. The molecule has 33 heavy (non-hydrogen) atoms. The lowest BCUT2D eigenvalue weighted by atomic mass is 9.99. The molecule has 1 saturated heterocycles. The van der Waals surface area contributed by atoms with Crippen LogP contribution in [0.4, 0.5) is 18.9 Å². The van der Waals surface area contributed by atoms with Gasteiger partial charge in [-0.2, -0.15) is 0 Å². The van der Waals surface area contributed by atoms with Gasteiger partial charge in [-0.3, -0.25) is 9.69 Å². The van der Waals surface area contributed by atoms with E-state index in [1.54, 1.807) is 6.08 Å². The smallest absolute Gasteiger partial charge is 0.254 e. The second-order valence-electron chi connectivity index (χ2n) is 8.79. The molecular formula is C26H30F3N3O. The van der Waals surface area contributed by atoms with Crippen LogP contribution < -0.4 is 10.5 Å². The van der Waals surface area contributed by atoms with E-state index in [1.165, 1.54) is 12.1 Å². The first-order valence-corrected chi connectivity index (χ1v) is 11.6. The summed E-state index contributed by atoms with van der Waals surface area (Å²) in [7, 11) is 0. The lowest BCUT2D eigenvalue weighted by Gasteiger charge is -2.39. The molecule has 2 atom stereocenters. The molecule has 2 heterocycles. The van der Waals surface area contributed by atoms with Gasteiger partial charge in [-0.05, 0) is 49.9 Å². The van der Waals surface area contributed by atoms with Crippen LogP contribution in [0.2, 0.25) is 0 Å². The predicted molar refractivity (Wildman–Crippen MR) is 126 cm³/mol. The summed E-state index contributed by atoms with van der Waals surface area (Å²) < 4.78 is 40.8. The second kappa shape index (κ2) is 10.4. The lowest BCUT2D eigenvalue weighted by molar-refractivity contribution is 0.186. The number of anilines is 1. The number of aromatic nitrogens is 1. The van der Waals surface area contributed by atoms with Gasteiger partial charge in [0.25, 0.3) is 5.56 Å². The van der Waals surface area contributed by atoms with Crippen LogP contribution in [0.1, 0.15) is 48.9 Å². The summed E-state index contributed by atoms with van der Waals surface area (Å²) >= 11 is 0. The highest BCUT2D eigenvalue weighted by Crippen LogP contribution is 2.37. The zero-order chi connectivity index (χ0) is 23.4. The van der Waals surface area contributed by atoms with E-state index in [1.807, 2.05) is 36.1 Å². The minimum absolute atomic E-state index is 0.165. The number of piperazine rings is 1. The van der Waals surface area contributed by atoms with Crippen molar-refractivity contribution in [1.82, 2.24) is 9.88 Å². The first-order valence-electron chi connectivity index (χ1n) is 11.6. The first-order chi connectivity index (χ1) is 16.0. The molecule has 1 aromatic heterocycles. The lowest BCUT2D eigenvalue weighted by Crippen LogP contribution is -2.50. The minimum atomic E-state index is -0.794. The number of rotatable bonds is 6. The molecule has 2 aliphatic rings. The van der Waals surface area contributed by atoms with Gasteiger partial charge in [0.15, 0.2) is 0 Å². The van der Waals surface area contributed by atoms with Crippen molar-refractivity contribution in [3.63, 3.8) is 0 Å². The summed E-state index contributed by atoms with van der Waals surface area (Å²) in [6, 6.07) is 6.04. The third-order valence-electron chi connectivity index (χ3n) is 6.83. The molecule has 1 aliphatic carbocycles. The Labute approximate surface area is 192 Å². The SMILES string of the molecule is CC=C/C=C\c1cc(C2CCC(N3CCN(c4ccc(F)cc4F)CC3)C2)[nH]c(=O)c1CF. The first kappa shape index (κ1) is 23.4. The van der Waals surface area contributed by atoms with E-state index < -0.39 is 18.3 Å². The Morgan fingerprint density at radius 2 is 1.88 bits per heavy atom. The summed E-state index contributed by atoms with van der Waals surface area (Å²) in [4.78, 5) is 19.8. The number of pyridine rings is 1. The highest BCUT2D eigenvalue weighted by atomic mass is 19.1. The third kappa shape index (κ3) is 5.24. The number of benzene rings is 1. The standard InChI is InChI=1S/C26H30F3N3O/c1-2-3-4-5-18-15-24(30-26(33)22(18)17-27)19-6-8-21(14-19)31-10-12-32(13-11-31)25-9-7-20(28)16-23(25)29/h2-5,7,9,15-16,19,21H,6,8,10-14,17H2,1H3,(H,30,33)/b3-2?,5-4-. The number of H-pyrrole nitrogens is 1. The monoisotopic (exact) mass is 457 g/mol. The Morgan fingerprint density at radius 1 is 1.09 bits per heavy atom. The molecule has 2 aromatic rings. The largest absolute Gasteiger partial charge is 0.367 e. The molecule has 2 fully saturated rings. The van der Waals surface area contributed by atoms with E-state index >= 15 is 0 Å². The van der Waals surface area contributed by atoms with Gasteiger partial charge in [0.05, 0.1) is 11.3 Å². The van der Waals surface area contributed by atoms with Crippen LogP contribution in [0.3, 0.4) is 0 Å². The summed E-state index contributed by atoms with van der Waals surface area (Å²) in [5, 5.41) is 0. The molecule has 0 amide bonds. The summed E-state index contributed by atoms with van der Waals surface area (Å²) in [5.74, 6) is -0.868. The molecule has 4 rings (SSSR count).